The molecule has 0 aromatic heterocycles. The van der Waals surface area contributed by atoms with Gasteiger partial charge in [-0.25, -0.2) is 0 Å². The highest BCUT2D eigenvalue weighted by molar-refractivity contribution is 5.95. The van der Waals surface area contributed by atoms with Crippen LogP contribution < -0.4 is 16.4 Å². The van der Waals surface area contributed by atoms with E-state index in [1.165, 1.54) is 0 Å². The first-order valence-corrected chi connectivity index (χ1v) is 5.55. The number of anilines is 3. The summed E-state index contributed by atoms with van der Waals surface area (Å²) in [6.07, 6.45) is 1.34. The van der Waals surface area contributed by atoms with Crippen LogP contribution in [-0.4, -0.2) is 11.9 Å². The van der Waals surface area contributed by atoms with Gasteiger partial charge in [0.25, 0.3) is 0 Å². The van der Waals surface area contributed by atoms with E-state index < -0.39 is 0 Å². The molecule has 0 fully saturated rings. The maximum absolute atomic E-state index is 11.2. The molecule has 86 valence electrons. The van der Waals surface area contributed by atoms with E-state index in [1.807, 2.05) is 12.1 Å². The molecule has 4 N–H and O–H groups in total. The standard InChI is InChI=1S/C12H17N3O/c1-7(2)14-11-5-8-3-4-12(16)15-10(8)6-9(11)13/h5-7,14H,3-4,13H2,1-2H3,(H,15,16). The fraction of sp³-hybridized carbons (Fsp3) is 0.417. The molecule has 0 radical (unpaired) electrons. The SMILES string of the molecule is CC(C)Nc1cc2c(cc1N)NC(=O)CC2. The summed E-state index contributed by atoms with van der Waals surface area (Å²) in [7, 11) is 0. The minimum Gasteiger partial charge on any atom is -0.397 e. The van der Waals surface area contributed by atoms with Crippen LogP contribution in [0.1, 0.15) is 25.8 Å². The van der Waals surface area contributed by atoms with E-state index in [9.17, 15) is 4.79 Å². The van der Waals surface area contributed by atoms with Crippen LogP contribution in [0.5, 0.6) is 0 Å². The zero-order chi connectivity index (χ0) is 11.7. The highest BCUT2D eigenvalue weighted by atomic mass is 16.1. The zero-order valence-electron chi connectivity index (χ0n) is 9.63. The van der Waals surface area contributed by atoms with E-state index in [-0.39, 0.29) is 5.91 Å². The van der Waals surface area contributed by atoms with Crippen molar-refractivity contribution in [2.75, 3.05) is 16.4 Å². The van der Waals surface area contributed by atoms with Gasteiger partial charge in [0.1, 0.15) is 0 Å². The summed E-state index contributed by atoms with van der Waals surface area (Å²) < 4.78 is 0. The number of hydrogen-bond donors (Lipinski definition) is 3. The highest BCUT2D eigenvalue weighted by Crippen LogP contribution is 2.31. The van der Waals surface area contributed by atoms with Crippen LogP contribution in [0.25, 0.3) is 0 Å². The molecule has 0 aliphatic carbocycles. The molecule has 0 atom stereocenters. The van der Waals surface area contributed by atoms with E-state index in [4.69, 9.17) is 5.73 Å². The van der Waals surface area contributed by atoms with Crippen molar-refractivity contribution in [3.8, 4) is 0 Å². The molecule has 0 unspecified atom stereocenters. The Balaban J connectivity index is 2.34. The Bertz CT molecular complexity index is 427. The minimum atomic E-state index is 0.0662. The number of nitrogens with one attached hydrogen (secondary N) is 2. The number of nitrogens with two attached hydrogens (primary N) is 1. The maximum Gasteiger partial charge on any atom is 0.224 e. The molecule has 4 nitrogen and oxygen atoms in total. The van der Waals surface area contributed by atoms with Gasteiger partial charge in [0, 0.05) is 18.2 Å². The van der Waals surface area contributed by atoms with Gasteiger partial charge in [-0.2, -0.15) is 0 Å². The molecule has 1 heterocycles. The molecule has 4 heteroatoms. The Kier molecular flexibility index (Phi) is 2.73. The fourth-order valence-electron chi connectivity index (χ4n) is 1.88. The molecule has 0 bridgehead atoms. The second kappa shape index (κ2) is 4.04. The van der Waals surface area contributed by atoms with Crippen LogP contribution in [0.4, 0.5) is 17.1 Å². The predicted molar refractivity (Wildman–Crippen MR) is 66.6 cm³/mol. The normalized spacial score (nSPS) is 14.6. The van der Waals surface area contributed by atoms with E-state index in [1.54, 1.807) is 0 Å². The smallest absolute Gasteiger partial charge is 0.224 e. The number of hydrogen-bond acceptors (Lipinski definition) is 3. The molecule has 1 amide bonds. The van der Waals surface area contributed by atoms with Gasteiger partial charge >= 0.3 is 0 Å². The molecule has 0 spiro atoms. The van der Waals surface area contributed by atoms with E-state index in [2.05, 4.69) is 24.5 Å². The Morgan fingerprint density at radius 1 is 1.38 bits per heavy atom. The van der Waals surface area contributed by atoms with Gasteiger partial charge in [-0.1, -0.05) is 0 Å². The molecular formula is C12H17N3O. The lowest BCUT2D eigenvalue weighted by atomic mass is 10.0. The molecule has 1 aromatic rings. The monoisotopic (exact) mass is 219 g/mol. The van der Waals surface area contributed by atoms with Crippen LogP contribution >= 0.6 is 0 Å². The van der Waals surface area contributed by atoms with Crippen LogP contribution in [0.15, 0.2) is 12.1 Å². The van der Waals surface area contributed by atoms with Crippen molar-refractivity contribution in [1.29, 1.82) is 0 Å². The van der Waals surface area contributed by atoms with Gasteiger partial charge in [-0.05, 0) is 38.0 Å². The second-order valence-electron chi connectivity index (χ2n) is 4.44. The molecular weight excluding hydrogens is 202 g/mol. The highest BCUT2D eigenvalue weighted by Gasteiger charge is 2.16. The largest absolute Gasteiger partial charge is 0.397 e. The van der Waals surface area contributed by atoms with Crippen LogP contribution in [-0.2, 0) is 11.2 Å². The van der Waals surface area contributed by atoms with Gasteiger partial charge in [0.05, 0.1) is 11.4 Å². The van der Waals surface area contributed by atoms with Gasteiger partial charge < -0.3 is 16.4 Å². The number of amides is 1. The quantitative estimate of drug-likeness (QED) is 0.666. The third-order valence-electron chi connectivity index (χ3n) is 2.62. The van der Waals surface area contributed by atoms with Crippen molar-refractivity contribution in [2.45, 2.75) is 32.7 Å². The van der Waals surface area contributed by atoms with E-state index in [0.29, 0.717) is 18.2 Å². The van der Waals surface area contributed by atoms with Gasteiger partial charge in [0.15, 0.2) is 0 Å². The fourth-order valence-corrected chi connectivity index (χ4v) is 1.88. The summed E-state index contributed by atoms with van der Waals surface area (Å²) in [4.78, 5) is 11.2. The van der Waals surface area contributed by atoms with Gasteiger partial charge in [0.2, 0.25) is 5.91 Å². The van der Waals surface area contributed by atoms with Crippen molar-refractivity contribution >= 4 is 23.0 Å². The number of aryl methyl sites for hydroxylation is 1. The summed E-state index contributed by atoms with van der Waals surface area (Å²) in [5.74, 6) is 0.0662. The lowest BCUT2D eigenvalue weighted by Crippen LogP contribution is -2.20. The lowest BCUT2D eigenvalue weighted by Gasteiger charge is -2.20. The predicted octanol–water partition coefficient (Wildman–Crippen LogP) is 1.97. The summed E-state index contributed by atoms with van der Waals surface area (Å²) in [6, 6.07) is 4.21. The van der Waals surface area contributed by atoms with Crippen molar-refractivity contribution < 1.29 is 4.79 Å². The molecule has 2 rings (SSSR count). The third kappa shape index (κ3) is 2.10. The number of benzene rings is 1. The number of fused-ring (bicyclic) bond motifs is 1. The minimum absolute atomic E-state index is 0.0662. The van der Waals surface area contributed by atoms with Crippen LogP contribution in [0.2, 0.25) is 0 Å². The number of carbonyl (C=O) groups is 1. The first-order chi connectivity index (χ1) is 7.56. The second-order valence-corrected chi connectivity index (χ2v) is 4.44. The van der Waals surface area contributed by atoms with Crippen molar-refractivity contribution in [3.63, 3.8) is 0 Å². The Hall–Kier alpha value is -1.71. The summed E-state index contributed by atoms with van der Waals surface area (Å²) >= 11 is 0. The molecule has 1 aromatic carbocycles. The number of rotatable bonds is 2. The summed E-state index contributed by atoms with van der Waals surface area (Å²) in [5.41, 5.74) is 9.55. The van der Waals surface area contributed by atoms with Gasteiger partial charge in [-0.3, -0.25) is 4.79 Å². The molecule has 0 saturated heterocycles. The number of carbonyl (C=O) groups excluding carboxylic acids is 1. The summed E-state index contributed by atoms with van der Waals surface area (Å²) in [6.45, 7) is 4.14. The molecule has 1 aliphatic heterocycles. The average molecular weight is 219 g/mol. The number of nitrogen functional groups attached to an aromatic ring is 1. The molecule has 16 heavy (non-hydrogen) atoms. The van der Waals surface area contributed by atoms with E-state index >= 15 is 0 Å². The topological polar surface area (TPSA) is 67.2 Å². The van der Waals surface area contributed by atoms with Crippen molar-refractivity contribution in [3.05, 3.63) is 17.7 Å². The zero-order valence-corrected chi connectivity index (χ0v) is 9.63. The third-order valence-corrected chi connectivity index (χ3v) is 2.62. The summed E-state index contributed by atoms with van der Waals surface area (Å²) in [5, 5.41) is 6.13. The van der Waals surface area contributed by atoms with E-state index in [0.717, 1.165) is 23.4 Å². The molecule has 0 saturated carbocycles. The first-order valence-electron chi connectivity index (χ1n) is 5.55. The Morgan fingerprint density at radius 2 is 2.12 bits per heavy atom. The van der Waals surface area contributed by atoms with Crippen LogP contribution in [0, 0.1) is 0 Å². The average Bonchev–Trinajstić information content (AvgIpc) is 2.19. The molecule has 1 aliphatic rings. The van der Waals surface area contributed by atoms with Gasteiger partial charge in [-0.15, -0.1) is 0 Å². The Morgan fingerprint density at radius 3 is 2.81 bits per heavy atom. The lowest BCUT2D eigenvalue weighted by molar-refractivity contribution is -0.116. The van der Waals surface area contributed by atoms with Crippen LogP contribution in [0.3, 0.4) is 0 Å². The van der Waals surface area contributed by atoms with Crippen molar-refractivity contribution in [2.24, 2.45) is 0 Å². The van der Waals surface area contributed by atoms with Crippen molar-refractivity contribution in [1.82, 2.24) is 0 Å². The maximum atomic E-state index is 11.2. The first kappa shape index (κ1) is 10.8. The Labute approximate surface area is 95.2 Å².